The van der Waals surface area contributed by atoms with Crippen molar-refractivity contribution in [3.05, 3.63) is 58.1 Å². The van der Waals surface area contributed by atoms with Gasteiger partial charge in [0, 0.05) is 11.6 Å². The standard InChI is InChI=1S/C16H16ClF2N/c1-3-20-9-12-6-5-11(8-13(12)17)15-14(18)7-4-10(2)16(15)19/h4-8,20H,3,9H2,1-2H3. The first-order chi connectivity index (χ1) is 9.54. The first-order valence-electron chi connectivity index (χ1n) is 6.48. The van der Waals surface area contributed by atoms with E-state index in [1.54, 1.807) is 25.1 Å². The van der Waals surface area contributed by atoms with Gasteiger partial charge in [-0.25, -0.2) is 8.78 Å². The van der Waals surface area contributed by atoms with E-state index in [9.17, 15) is 8.78 Å². The summed E-state index contributed by atoms with van der Waals surface area (Å²) in [6, 6.07) is 7.79. The van der Waals surface area contributed by atoms with Crippen LogP contribution in [0.5, 0.6) is 0 Å². The lowest BCUT2D eigenvalue weighted by molar-refractivity contribution is 0.584. The maximum atomic E-state index is 14.1. The van der Waals surface area contributed by atoms with E-state index in [1.807, 2.05) is 6.92 Å². The van der Waals surface area contributed by atoms with Crippen molar-refractivity contribution in [3.63, 3.8) is 0 Å². The van der Waals surface area contributed by atoms with Crippen molar-refractivity contribution >= 4 is 11.6 Å². The summed E-state index contributed by atoms with van der Waals surface area (Å²) < 4.78 is 27.9. The van der Waals surface area contributed by atoms with Gasteiger partial charge in [-0.15, -0.1) is 0 Å². The van der Waals surface area contributed by atoms with Crippen LogP contribution in [0.25, 0.3) is 11.1 Å². The fourth-order valence-corrected chi connectivity index (χ4v) is 2.27. The smallest absolute Gasteiger partial charge is 0.136 e. The number of hydrogen-bond donors (Lipinski definition) is 1. The van der Waals surface area contributed by atoms with Gasteiger partial charge in [0.25, 0.3) is 0 Å². The van der Waals surface area contributed by atoms with Crippen molar-refractivity contribution in [1.29, 1.82) is 0 Å². The molecule has 0 amide bonds. The van der Waals surface area contributed by atoms with Crippen LogP contribution in [0.15, 0.2) is 30.3 Å². The first-order valence-corrected chi connectivity index (χ1v) is 6.86. The minimum absolute atomic E-state index is 0.0260. The maximum absolute atomic E-state index is 14.1. The third kappa shape index (κ3) is 3.00. The van der Waals surface area contributed by atoms with Crippen LogP contribution >= 0.6 is 11.6 Å². The highest BCUT2D eigenvalue weighted by molar-refractivity contribution is 6.31. The average Bonchev–Trinajstić information content (AvgIpc) is 2.42. The zero-order chi connectivity index (χ0) is 14.7. The van der Waals surface area contributed by atoms with Gasteiger partial charge in [0.05, 0.1) is 5.56 Å². The van der Waals surface area contributed by atoms with E-state index in [1.165, 1.54) is 12.1 Å². The van der Waals surface area contributed by atoms with Crippen LogP contribution in [0.2, 0.25) is 5.02 Å². The molecule has 0 radical (unpaired) electrons. The third-order valence-electron chi connectivity index (χ3n) is 3.19. The van der Waals surface area contributed by atoms with Crippen LogP contribution in [0.4, 0.5) is 8.78 Å². The lowest BCUT2D eigenvalue weighted by atomic mass is 10.0. The molecule has 0 saturated carbocycles. The summed E-state index contributed by atoms with van der Waals surface area (Å²) in [7, 11) is 0. The molecule has 0 fully saturated rings. The second kappa shape index (κ2) is 6.33. The van der Waals surface area contributed by atoms with Gasteiger partial charge in [0.1, 0.15) is 11.6 Å². The molecule has 0 bridgehead atoms. The monoisotopic (exact) mass is 295 g/mol. The predicted octanol–water partition coefficient (Wildman–Crippen LogP) is 4.70. The molecular weight excluding hydrogens is 280 g/mol. The number of nitrogens with one attached hydrogen (secondary N) is 1. The zero-order valence-electron chi connectivity index (χ0n) is 11.4. The quantitative estimate of drug-likeness (QED) is 0.862. The number of rotatable bonds is 4. The lowest BCUT2D eigenvalue weighted by Gasteiger charge is -2.10. The van der Waals surface area contributed by atoms with Gasteiger partial charge in [-0.2, -0.15) is 0 Å². The number of aryl methyl sites for hydroxylation is 1. The molecule has 0 aromatic heterocycles. The van der Waals surface area contributed by atoms with E-state index in [-0.39, 0.29) is 5.56 Å². The van der Waals surface area contributed by atoms with Gasteiger partial charge in [-0.05, 0) is 42.3 Å². The molecule has 2 rings (SSSR count). The van der Waals surface area contributed by atoms with Crippen LogP contribution in [0, 0.1) is 18.6 Å². The Kier molecular flexibility index (Phi) is 4.73. The lowest BCUT2D eigenvalue weighted by Crippen LogP contribution is -2.12. The van der Waals surface area contributed by atoms with E-state index < -0.39 is 11.6 Å². The Morgan fingerprint density at radius 2 is 1.90 bits per heavy atom. The highest BCUT2D eigenvalue weighted by atomic mass is 35.5. The van der Waals surface area contributed by atoms with Gasteiger partial charge in [-0.3, -0.25) is 0 Å². The Labute approximate surface area is 122 Å². The molecule has 20 heavy (non-hydrogen) atoms. The van der Waals surface area contributed by atoms with Gasteiger partial charge >= 0.3 is 0 Å². The molecule has 0 saturated heterocycles. The minimum Gasteiger partial charge on any atom is -0.313 e. The SMILES string of the molecule is CCNCc1ccc(-c2c(F)ccc(C)c2F)cc1Cl. The molecule has 2 aromatic rings. The molecule has 4 heteroatoms. The van der Waals surface area contributed by atoms with Crippen molar-refractivity contribution in [2.24, 2.45) is 0 Å². The normalized spacial score (nSPS) is 10.8. The summed E-state index contributed by atoms with van der Waals surface area (Å²) in [6.07, 6.45) is 0. The highest BCUT2D eigenvalue weighted by Gasteiger charge is 2.14. The molecule has 0 aliphatic heterocycles. The Balaban J connectivity index is 2.44. The van der Waals surface area contributed by atoms with Crippen molar-refractivity contribution in [1.82, 2.24) is 5.32 Å². The number of benzene rings is 2. The average molecular weight is 296 g/mol. The second-order valence-electron chi connectivity index (χ2n) is 4.64. The largest absolute Gasteiger partial charge is 0.313 e. The predicted molar refractivity (Wildman–Crippen MR) is 78.9 cm³/mol. The fraction of sp³-hybridized carbons (Fsp3) is 0.250. The van der Waals surface area contributed by atoms with Gasteiger partial charge in [0.15, 0.2) is 0 Å². The molecule has 1 nitrogen and oxygen atoms in total. The summed E-state index contributed by atoms with van der Waals surface area (Å²) in [5.74, 6) is -1.12. The molecule has 1 N–H and O–H groups in total. The van der Waals surface area contributed by atoms with E-state index in [0.717, 1.165) is 12.1 Å². The van der Waals surface area contributed by atoms with Crippen molar-refractivity contribution in [2.75, 3.05) is 6.54 Å². The topological polar surface area (TPSA) is 12.0 Å². The van der Waals surface area contributed by atoms with E-state index in [0.29, 0.717) is 22.7 Å². The summed E-state index contributed by atoms with van der Waals surface area (Å²) in [5.41, 5.74) is 1.75. The summed E-state index contributed by atoms with van der Waals surface area (Å²) >= 11 is 6.17. The minimum atomic E-state index is -0.580. The van der Waals surface area contributed by atoms with Crippen molar-refractivity contribution < 1.29 is 8.78 Å². The van der Waals surface area contributed by atoms with Crippen LogP contribution in [0.3, 0.4) is 0 Å². The second-order valence-corrected chi connectivity index (χ2v) is 5.05. The molecule has 0 unspecified atom stereocenters. The Bertz CT molecular complexity index is 626. The fourth-order valence-electron chi connectivity index (χ4n) is 2.03. The first kappa shape index (κ1) is 14.9. The van der Waals surface area contributed by atoms with E-state index in [2.05, 4.69) is 5.32 Å². The number of halogens is 3. The van der Waals surface area contributed by atoms with E-state index in [4.69, 9.17) is 11.6 Å². The third-order valence-corrected chi connectivity index (χ3v) is 3.54. The molecule has 0 heterocycles. The zero-order valence-corrected chi connectivity index (χ0v) is 12.2. The molecule has 106 valence electrons. The van der Waals surface area contributed by atoms with Gasteiger partial charge < -0.3 is 5.32 Å². The van der Waals surface area contributed by atoms with Crippen molar-refractivity contribution in [3.8, 4) is 11.1 Å². The molecular formula is C16H16ClF2N. The molecule has 0 aliphatic rings. The molecule has 0 aliphatic carbocycles. The van der Waals surface area contributed by atoms with Crippen LogP contribution < -0.4 is 5.32 Å². The van der Waals surface area contributed by atoms with Crippen LogP contribution in [0.1, 0.15) is 18.1 Å². The van der Waals surface area contributed by atoms with Crippen LogP contribution in [-0.2, 0) is 6.54 Å². The summed E-state index contributed by atoms with van der Waals surface area (Å²) in [6.45, 7) is 5.08. The Morgan fingerprint density at radius 1 is 1.15 bits per heavy atom. The number of hydrogen-bond acceptors (Lipinski definition) is 1. The molecule has 2 aromatic carbocycles. The Hall–Kier alpha value is -1.45. The Morgan fingerprint density at radius 3 is 2.55 bits per heavy atom. The summed E-state index contributed by atoms with van der Waals surface area (Å²) in [5, 5.41) is 3.67. The maximum Gasteiger partial charge on any atom is 0.136 e. The highest BCUT2D eigenvalue weighted by Crippen LogP contribution is 2.31. The molecule has 0 spiro atoms. The van der Waals surface area contributed by atoms with Gasteiger partial charge in [0.2, 0.25) is 0 Å². The molecule has 0 atom stereocenters. The van der Waals surface area contributed by atoms with Gasteiger partial charge in [-0.1, -0.05) is 36.7 Å². The van der Waals surface area contributed by atoms with Crippen LogP contribution in [-0.4, -0.2) is 6.54 Å². The van der Waals surface area contributed by atoms with E-state index >= 15 is 0 Å². The summed E-state index contributed by atoms with van der Waals surface area (Å²) in [4.78, 5) is 0. The van der Waals surface area contributed by atoms with Crippen molar-refractivity contribution in [2.45, 2.75) is 20.4 Å².